The standard InChI is InChI=1S/C18H24N2O3/c1-19-11-5-6-18(22)13-9-10-3-4-12(21)15-14(10)17(18,16(11)23-15)7-8-20(13)2/h3-4,11,13,16,19,21-22H,5-9H2,1-2H3/t11-,13?,16-,17-,18+/m0/s1. The van der Waals surface area contributed by atoms with E-state index in [9.17, 15) is 10.2 Å². The summed E-state index contributed by atoms with van der Waals surface area (Å²) in [7, 11) is 4.09. The van der Waals surface area contributed by atoms with E-state index in [4.69, 9.17) is 4.74 Å². The molecule has 2 aliphatic heterocycles. The van der Waals surface area contributed by atoms with Crippen LogP contribution in [0, 0.1) is 0 Å². The predicted octanol–water partition coefficient (Wildman–Crippen LogP) is 0.764. The van der Waals surface area contributed by atoms with Gasteiger partial charge in [-0.2, -0.15) is 0 Å². The molecule has 3 N–H and O–H groups in total. The normalized spacial score (nSPS) is 43.9. The van der Waals surface area contributed by atoms with E-state index < -0.39 is 11.0 Å². The maximum Gasteiger partial charge on any atom is 0.165 e. The van der Waals surface area contributed by atoms with Crippen LogP contribution in [0.4, 0.5) is 0 Å². The molecule has 0 radical (unpaired) electrons. The average molecular weight is 316 g/mol. The molecule has 4 aliphatic rings. The summed E-state index contributed by atoms with van der Waals surface area (Å²) in [6.45, 7) is 0.956. The summed E-state index contributed by atoms with van der Waals surface area (Å²) in [4.78, 5) is 2.32. The summed E-state index contributed by atoms with van der Waals surface area (Å²) in [5.41, 5.74) is 1.16. The summed E-state index contributed by atoms with van der Waals surface area (Å²) >= 11 is 0. The molecule has 0 amide bonds. The van der Waals surface area contributed by atoms with Crippen LogP contribution in [0.15, 0.2) is 12.1 Å². The van der Waals surface area contributed by atoms with E-state index in [1.807, 2.05) is 13.1 Å². The molecule has 124 valence electrons. The molecule has 2 bridgehead atoms. The zero-order valence-corrected chi connectivity index (χ0v) is 13.7. The molecule has 1 aromatic carbocycles. The van der Waals surface area contributed by atoms with Gasteiger partial charge in [-0.3, -0.25) is 0 Å². The smallest absolute Gasteiger partial charge is 0.165 e. The number of hydrogen-bond donors (Lipinski definition) is 3. The van der Waals surface area contributed by atoms with Crippen molar-refractivity contribution in [1.29, 1.82) is 0 Å². The third kappa shape index (κ3) is 1.37. The molecule has 1 saturated heterocycles. The Kier molecular flexibility index (Phi) is 2.57. The minimum atomic E-state index is -0.774. The number of hydrogen-bond acceptors (Lipinski definition) is 5. The molecule has 2 fully saturated rings. The lowest BCUT2D eigenvalue weighted by molar-refractivity contribution is -0.186. The van der Waals surface area contributed by atoms with Gasteiger partial charge in [0.05, 0.1) is 11.0 Å². The van der Waals surface area contributed by atoms with E-state index in [0.717, 1.165) is 37.8 Å². The molecular weight excluding hydrogens is 292 g/mol. The Morgan fingerprint density at radius 3 is 2.96 bits per heavy atom. The molecule has 1 saturated carbocycles. The Labute approximate surface area is 136 Å². The number of phenolic OH excluding ortho intramolecular Hbond substituents is 1. The van der Waals surface area contributed by atoms with Crippen LogP contribution in [0.25, 0.3) is 0 Å². The molecule has 5 nitrogen and oxygen atoms in total. The van der Waals surface area contributed by atoms with E-state index >= 15 is 0 Å². The van der Waals surface area contributed by atoms with Crippen LogP contribution in [0.5, 0.6) is 11.5 Å². The number of aliphatic hydroxyl groups is 1. The van der Waals surface area contributed by atoms with Gasteiger partial charge in [0.1, 0.15) is 6.10 Å². The third-order valence-corrected chi connectivity index (χ3v) is 7.10. The molecule has 1 unspecified atom stereocenters. The van der Waals surface area contributed by atoms with Crippen LogP contribution < -0.4 is 10.1 Å². The highest BCUT2D eigenvalue weighted by molar-refractivity contribution is 5.62. The third-order valence-electron chi connectivity index (χ3n) is 7.10. The van der Waals surface area contributed by atoms with E-state index in [0.29, 0.717) is 5.75 Å². The Hall–Kier alpha value is -1.30. The number of likely N-dealkylation sites (tertiary alicyclic amines) is 1. The van der Waals surface area contributed by atoms with Crippen molar-refractivity contribution in [1.82, 2.24) is 10.2 Å². The number of likely N-dealkylation sites (N-methyl/N-ethyl adjacent to an activating group) is 2. The molecule has 0 aromatic heterocycles. The van der Waals surface area contributed by atoms with E-state index in [1.165, 1.54) is 5.56 Å². The SMILES string of the molecule is CN[C@H]1CC[C@@]2(O)C3Cc4ccc(O)c5c4[C@@]2(CCN3C)[C@H]1O5. The Morgan fingerprint density at radius 2 is 2.17 bits per heavy atom. The van der Waals surface area contributed by atoms with Gasteiger partial charge >= 0.3 is 0 Å². The molecular formula is C18H24N2O3. The van der Waals surface area contributed by atoms with Gasteiger partial charge in [0.15, 0.2) is 11.5 Å². The van der Waals surface area contributed by atoms with Crippen LogP contribution in [0.2, 0.25) is 0 Å². The number of nitrogens with zero attached hydrogens (tertiary/aromatic N) is 1. The number of rotatable bonds is 1. The van der Waals surface area contributed by atoms with E-state index in [1.54, 1.807) is 6.07 Å². The highest BCUT2D eigenvalue weighted by atomic mass is 16.5. The summed E-state index contributed by atoms with van der Waals surface area (Å²) < 4.78 is 6.32. The first-order chi connectivity index (χ1) is 11.0. The number of phenols is 1. The monoisotopic (exact) mass is 316 g/mol. The summed E-state index contributed by atoms with van der Waals surface area (Å²) in [6.07, 6.45) is 3.28. The van der Waals surface area contributed by atoms with Crippen molar-refractivity contribution < 1.29 is 14.9 Å². The van der Waals surface area contributed by atoms with Gasteiger partial charge in [0, 0.05) is 17.6 Å². The lowest BCUT2D eigenvalue weighted by atomic mass is 9.48. The quantitative estimate of drug-likeness (QED) is 0.714. The first-order valence-electron chi connectivity index (χ1n) is 8.65. The first kappa shape index (κ1) is 14.1. The lowest BCUT2D eigenvalue weighted by Crippen LogP contribution is -2.77. The molecule has 1 spiro atoms. The Morgan fingerprint density at radius 1 is 1.35 bits per heavy atom. The zero-order chi connectivity index (χ0) is 16.0. The van der Waals surface area contributed by atoms with E-state index in [-0.39, 0.29) is 23.9 Å². The highest BCUT2D eigenvalue weighted by Gasteiger charge is 2.72. The second kappa shape index (κ2) is 4.21. The highest BCUT2D eigenvalue weighted by Crippen LogP contribution is 2.65. The topological polar surface area (TPSA) is 65.0 Å². The van der Waals surface area contributed by atoms with Gasteiger partial charge in [-0.25, -0.2) is 0 Å². The van der Waals surface area contributed by atoms with Gasteiger partial charge in [-0.1, -0.05) is 6.07 Å². The molecule has 2 heterocycles. The second-order valence-corrected chi connectivity index (χ2v) is 7.77. The molecule has 5 atom stereocenters. The minimum absolute atomic E-state index is 0.107. The minimum Gasteiger partial charge on any atom is -0.504 e. The molecule has 1 aromatic rings. The molecule has 5 rings (SSSR count). The number of piperidine rings is 1. The van der Waals surface area contributed by atoms with Crippen molar-refractivity contribution in [2.75, 3.05) is 20.6 Å². The molecule has 5 heteroatoms. The predicted molar refractivity (Wildman–Crippen MR) is 86.0 cm³/mol. The van der Waals surface area contributed by atoms with Crippen LogP contribution in [0.3, 0.4) is 0 Å². The van der Waals surface area contributed by atoms with Crippen LogP contribution in [0.1, 0.15) is 30.4 Å². The van der Waals surface area contributed by atoms with Crippen molar-refractivity contribution in [3.05, 3.63) is 23.3 Å². The van der Waals surface area contributed by atoms with Gasteiger partial charge in [-0.15, -0.1) is 0 Å². The fourth-order valence-corrected chi connectivity index (χ4v) is 6.05. The van der Waals surface area contributed by atoms with E-state index in [2.05, 4.69) is 17.3 Å². The van der Waals surface area contributed by atoms with Gasteiger partial charge < -0.3 is 25.2 Å². The fraction of sp³-hybridized carbons (Fsp3) is 0.667. The van der Waals surface area contributed by atoms with Gasteiger partial charge in [0.2, 0.25) is 0 Å². The lowest BCUT2D eigenvalue weighted by Gasteiger charge is -2.63. The number of benzene rings is 1. The number of ether oxygens (including phenoxy) is 1. The number of nitrogens with one attached hydrogen (secondary N) is 1. The van der Waals surface area contributed by atoms with Crippen molar-refractivity contribution >= 4 is 0 Å². The van der Waals surface area contributed by atoms with Gasteiger partial charge in [-0.05, 0) is 58.0 Å². The van der Waals surface area contributed by atoms with Crippen LogP contribution >= 0.6 is 0 Å². The average Bonchev–Trinajstić information content (AvgIpc) is 2.89. The van der Waals surface area contributed by atoms with Crippen molar-refractivity contribution in [3.63, 3.8) is 0 Å². The maximum absolute atomic E-state index is 11.9. The fourth-order valence-electron chi connectivity index (χ4n) is 6.05. The van der Waals surface area contributed by atoms with Crippen molar-refractivity contribution in [3.8, 4) is 11.5 Å². The molecule has 2 aliphatic carbocycles. The van der Waals surface area contributed by atoms with Crippen molar-refractivity contribution in [2.24, 2.45) is 0 Å². The van der Waals surface area contributed by atoms with Crippen LogP contribution in [-0.4, -0.2) is 59.5 Å². The number of aromatic hydroxyl groups is 1. The van der Waals surface area contributed by atoms with Crippen molar-refractivity contribution in [2.45, 2.75) is 54.9 Å². The van der Waals surface area contributed by atoms with Gasteiger partial charge in [0.25, 0.3) is 0 Å². The van der Waals surface area contributed by atoms with Crippen LogP contribution in [-0.2, 0) is 11.8 Å². The largest absolute Gasteiger partial charge is 0.504 e. The second-order valence-electron chi connectivity index (χ2n) is 7.77. The Bertz CT molecular complexity index is 693. The summed E-state index contributed by atoms with van der Waals surface area (Å²) in [6, 6.07) is 4.10. The summed E-state index contributed by atoms with van der Waals surface area (Å²) in [5.74, 6) is 0.832. The summed E-state index contributed by atoms with van der Waals surface area (Å²) in [5, 5.41) is 25.6. The maximum atomic E-state index is 11.9. The Balaban J connectivity index is 1.83. The zero-order valence-electron chi connectivity index (χ0n) is 13.7. The first-order valence-corrected chi connectivity index (χ1v) is 8.65. The molecule has 23 heavy (non-hydrogen) atoms.